The molecular weight excluding hydrogens is 200 g/mol. The number of ketones is 2. The van der Waals surface area contributed by atoms with Gasteiger partial charge in [0.05, 0.1) is 0 Å². The molecule has 0 amide bonds. The molecule has 0 unspecified atom stereocenters. The lowest BCUT2D eigenvalue weighted by Crippen LogP contribution is -2.44. The second-order valence-electron chi connectivity index (χ2n) is 4.46. The summed E-state index contributed by atoms with van der Waals surface area (Å²) >= 11 is 0. The molecule has 84 valence electrons. The van der Waals surface area contributed by atoms with Gasteiger partial charge in [0, 0.05) is 6.42 Å². The molecule has 1 aromatic carbocycles. The second-order valence-corrected chi connectivity index (χ2v) is 4.46. The fourth-order valence-electron chi connectivity index (χ4n) is 2.63. The molecule has 2 nitrogen and oxygen atoms in total. The standard InChI is InChI=1S/C14H16O2/c1-11(15)14(10-6-5-9-13(14)16)12-7-3-2-4-8-12/h2-4,7-8H,5-6,9-10H2,1H3/t14-/m0/s1. The summed E-state index contributed by atoms with van der Waals surface area (Å²) < 4.78 is 0. The molecule has 1 saturated carbocycles. The minimum Gasteiger partial charge on any atom is -0.299 e. The van der Waals surface area contributed by atoms with Crippen LogP contribution in [0.1, 0.15) is 38.2 Å². The van der Waals surface area contributed by atoms with E-state index in [0.29, 0.717) is 12.8 Å². The van der Waals surface area contributed by atoms with E-state index >= 15 is 0 Å². The van der Waals surface area contributed by atoms with Gasteiger partial charge in [-0.25, -0.2) is 0 Å². The normalized spacial score (nSPS) is 25.4. The van der Waals surface area contributed by atoms with Gasteiger partial charge >= 0.3 is 0 Å². The molecular formula is C14H16O2. The summed E-state index contributed by atoms with van der Waals surface area (Å²) in [6, 6.07) is 9.48. The second kappa shape index (κ2) is 4.20. The highest BCUT2D eigenvalue weighted by molar-refractivity contribution is 6.12. The highest BCUT2D eigenvalue weighted by atomic mass is 16.2. The Morgan fingerprint density at radius 3 is 2.44 bits per heavy atom. The van der Waals surface area contributed by atoms with Crippen molar-refractivity contribution < 1.29 is 9.59 Å². The van der Waals surface area contributed by atoms with Crippen molar-refractivity contribution in [2.75, 3.05) is 0 Å². The van der Waals surface area contributed by atoms with E-state index in [4.69, 9.17) is 0 Å². The summed E-state index contributed by atoms with van der Waals surface area (Å²) in [5.41, 5.74) is 0.0201. The largest absolute Gasteiger partial charge is 0.299 e. The maximum Gasteiger partial charge on any atom is 0.150 e. The van der Waals surface area contributed by atoms with Gasteiger partial charge in [-0.2, -0.15) is 0 Å². The lowest BCUT2D eigenvalue weighted by Gasteiger charge is -2.33. The van der Waals surface area contributed by atoms with Crippen molar-refractivity contribution in [2.24, 2.45) is 0 Å². The minimum absolute atomic E-state index is 0.0107. The van der Waals surface area contributed by atoms with E-state index in [1.54, 1.807) is 0 Å². The molecule has 0 aromatic heterocycles. The fourth-order valence-corrected chi connectivity index (χ4v) is 2.63. The highest BCUT2D eigenvalue weighted by Crippen LogP contribution is 2.37. The van der Waals surface area contributed by atoms with E-state index < -0.39 is 5.41 Å². The van der Waals surface area contributed by atoms with Gasteiger partial charge in [-0.3, -0.25) is 9.59 Å². The summed E-state index contributed by atoms with van der Waals surface area (Å²) in [6.45, 7) is 1.54. The van der Waals surface area contributed by atoms with Crippen molar-refractivity contribution in [3.8, 4) is 0 Å². The molecule has 2 heteroatoms. The van der Waals surface area contributed by atoms with Crippen LogP contribution in [0.5, 0.6) is 0 Å². The first-order valence-electron chi connectivity index (χ1n) is 5.78. The predicted octanol–water partition coefficient (Wildman–Crippen LogP) is 2.66. The summed E-state index contributed by atoms with van der Waals surface area (Å²) in [5, 5.41) is 0. The van der Waals surface area contributed by atoms with Crippen LogP contribution in [0.15, 0.2) is 30.3 Å². The average Bonchev–Trinajstić information content (AvgIpc) is 2.30. The van der Waals surface area contributed by atoms with E-state index in [1.807, 2.05) is 30.3 Å². The van der Waals surface area contributed by atoms with Gasteiger partial charge in [0.2, 0.25) is 0 Å². The number of hydrogen-bond donors (Lipinski definition) is 0. The van der Waals surface area contributed by atoms with E-state index in [1.165, 1.54) is 6.92 Å². The monoisotopic (exact) mass is 216 g/mol. The Kier molecular flexibility index (Phi) is 2.90. The number of benzene rings is 1. The van der Waals surface area contributed by atoms with Gasteiger partial charge < -0.3 is 0 Å². The topological polar surface area (TPSA) is 34.1 Å². The van der Waals surface area contributed by atoms with Crippen LogP contribution < -0.4 is 0 Å². The van der Waals surface area contributed by atoms with Gasteiger partial charge in [0.15, 0.2) is 5.78 Å². The molecule has 0 radical (unpaired) electrons. The highest BCUT2D eigenvalue weighted by Gasteiger charge is 2.45. The number of carbonyl (C=O) groups is 2. The summed E-state index contributed by atoms with van der Waals surface area (Å²) in [4.78, 5) is 24.0. The lowest BCUT2D eigenvalue weighted by atomic mass is 9.66. The third kappa shape index (κ3) is 1.58. The van der Waals surface area contributed by atoms with Gasteiger partial charge in [-0.1, -0.05) is 36.8 Å². The summed E-state index contributed by atoms with van der Waals surface area (Å²) in [5.74, 6) is 0.0841. The summed E-state index contributed by atoms with van der Waals surface area (Å²) in [7, 11) is 0. The fraction of sp³-hybridized carbons (Fsp3) is 0.429. The first kappa shape index (κ1) is 11.1. The molecule has 1 aliphatic rings. The SMILES string of the molecule is CC(=O)[C@]1(c2ccccc2)CCCCC1=O. The Bertz CT molecular complexity index is 408. The Balaban J connectivity index is 2.51. The third-order valence-electron chi connectivity index (χ3n) is 3.55. The maximum absolute atomic E-state index is 12.1. The van der Waals surface area contributed by atoms with Crippen molar-refractivity contribution in [1.82, 2.24) is 0 Å². The Morgan fingerprint density at radius 2 is 1.88 bits per heavy atom. The van der Waals surface area contributed by atoms with Crippen molar-refractivity contribution in [3.63, 3.8) is 0 Å². The molecule has 16 heavy (non-hydrogen) atoms. The van der Waals surface area contributed by atoms with Crippen LogP contribution in [0.4, 0.5) is 0 Å². The molecule has 0 bridgehead atoms. The smallest absolute Gasteiger partial charge is 0.150 e. The first-order valence-corrected chi connectivity index (χ1v) is 5.78. The van der Waals surface area contributed by atoms with Crippen LogP contribution in [0, 0.1) is 0 Å². The van der Waals surface area contributed by atoms with E-state index in [0.717, 1.165) is 18.4 Å². The van der Waals surface area contributed by atoms with Crippen LogP contribution >= 0.6 is 0 Å². The third-order valence-corrected chi connectivity index (χ3v) is 3.55. The molecule has 0 saturated heterocycles. The number of Topliss-reactive ketones (excluding diaryl/α,β-unsaturated/α-hetero) is 2. The molecule has 1 fully saturated rings. The van der Waals surface area contributed by atoms with Crippen molar-refractivity contribution in [3.05, 3.63) is 35.9 Å². The van der Waals surface area contributed by atoms with Crippen LogP contribution in [0.2, 0.25) is 0 Å². The molecule has 1 aliphatic carbocycles. The molecule has 0 spiro atoms. The van der Waals surface area contributed by atoms with Crippen LogP contribution in [-0.4, -0.2) is 11.6 Å². The van der Waals surface area contributed by atoms with E-state index in [-0.39, 0.29) is 11.6 Å². The first-order chi connectivity index (χ1) is 7.68. The number of rotatable bonds is 2. The molecule has 0 N–H and O–H groups in total. The molecule has 1 aromatic rings. The molecule has 0 aliphatic heterocycles. The molecule has 0 heterocycles. The number of carbonyl (C=O) groups excluding carboxylic acids is 2. The Labute approximate surface area is 95.7 Å². The van der Waals surface area contributed by atoms with Gasteiger partial charge in [0.1, 0.15) is 11.2 Å². The average molecular weight is 216 g/mol. The predicted molar refractivity (Wildman–Crippen MR) is 62.3 cm³/mol. The summed E-state index contributed by atoms with van der Waals surface area (Å²) in [6.07, 6.45) is 3.08. The molecule has 1 atom stereocenters. The van der Waals surface area contributed by atoms with Crippen molar-refractivity contribution >= 4 is 11.6 Å². The van der Waals surface area contributed by atoms with Crippen molar-refractivity contribution in [2.45, 2.75) is 38.0 Å². The van der Waals surface area contributed by atoms with Crippen molar-refractivity contribution in [1.29, 1.82) is 0 Å². The lowest BCUT2D eigenvalue weighted by molar-refractivity contribution is -0.136. The zero-order valence-corrected chi connectivity index (χ0v) is 9.53. The zero-order chi connectivity index (χ0) is 11.6. The number of hydrogen-bond acceptors (Lipinski definition) is 2. The van der Waals surface area contributed by atoms with Crippen LogP contribution in [0.25, 0.3) is 0 Å². The Morgan fingerprint density at radius 1 is 1.19 bits per heavy atom. The minimum atomic E-state index is -0.848. The maximum atomic E-state index is 12.1. The van der Waals surface area contributed by atoms with Gasteiger partial charge in [-0.15, -0.1) is 0 Å². The van der Waals surface area contributed by atoms with E-state index in [2.05, 4.69) is 0 Å². The van der Waals surface area contributed by atoms with Gasteiger partial charge in [-0.05, 0) is 25.3 Å². The molecule has 2 rings (SSSR count). The van der Waals surface area contributed by atoms with E-state index in [9.17, 15) is 9.59 Å². The van der Waals surface area contributed by atoms with Crippen LogP contribution in [0.3, 0.4) is 0 Å². The van der Waals surface area contributed by atoms with Crippen LogP contribution in [-0.2, 0) is 15.0 Å². The van der Waals surface area contributed by atoms with Gasteiger partial charge in [0.25, 0.3) is 0 Å². The zero-order valence-electron chi connectivity index (χ0n) is 9.53. The quantitative estimate of drug-likeness (QED) is 0.712. The Hall–Kier alpha value is -1.44.